The average Bonchev–Trinajstić information content (AvgIpc) is 2.53. The summed E-state index contributed by atoms with van der Waals surface area (Å²) in [5.41, 5.74) is -0.159. The Morgan fingerprint density at radius 3 is 2.68 bits per heavy atom. The Bertz CT molecular complexity index is 591. The van der Waals surface area contributed by atoms with Gasteiger partial charge in [-0.3, -0.25) is 10.1 Å². The summed E-state index contributed by atoms with van der Waals surface area (Å²) < 4.78 is 5.06. The molecule has 0 aliphatic heterocycles. The molecule has 1 aliphatic rings. The number of ether oxygens (including phenoxy) is 1. The van der Waals surface area contributed by atoms with Crippen molar-refractivity contribution in [2.75, 3.05) is 0 Å². The van der Waals surface area contributed by atoms with E-state index in [0.717, 1.165) is 32.1 Å². The minimum absolute atomic E-state index is 0.0475. The zero-order valence-electron chi connectivity index (χ0n) is 12.0. The molecule has 1 fully saturated rings. The second kappa shape index (κ2) is 7.41. The van der Waals surface area contributed by atoms with Gasteiger partial charge in [-0.15, -0.1) is 0 Å². The number of nitrogens with zero attached hydrogens (tertiary/aromatic N) is 2. The first kappa shape index (κ1) is 15.8. The van der Waals surface area contributed by atoms with E-state index < -0.39 is 17.1 Å². The zero-order valence-corrected chi connectivity index (χ0v) is 12.0. The van der Waals surface area contributed by atoms with Crippen molar-refractivity contribution in [2.45, 2.75) is 44.2 Å². The highest BCUT2D eigenvalue weighted by molar-refractivity contribution is 5.68. The number of nitrogens with one attached hydrogen (secondary N) is 1. The van der Waals surface area contributed by atoms with Crippen LogP contribution in [-0.4, -0.2) is 17.1 Å². The lowest BCUT2D eigenvalue weighted by atomic mass is 9.96. The van der Waals surface area contributed by atoms with E-state index in [1.807, 2.05) is 0 Å². The standard InChI is InChI=1S/C15H17N3O4/c16-10-14(12-8-4-5-9-13(12)18(20)21)22-15(19)17-11-6-2-1-3-7-11/h4-5,8-9,11,14H,1-3,6-7H2,(H,17,19). The summed E-state index contributed by atoms with van der Waals surface area (Å²) in [7, 11) is 0. The second-order valence-electron chi connectivity index (χ2n) is 5.21. The minimum Gasteiger partial charge on any atom is -0.426 e. The van der Waals surface area contributed by atoms with Crippen LogP contribution in [0.25, 0.3) is 0 Å². The maximum absolute atomic E-state index is 11.9. The van der Waals surface area contributed by atoms with Gasteiger partial charge in [0, 0.05) is 12.1 Å². The molecule has 2 rings (SSSR count). The quantitative estimate of drug-likeness (QED) is 0.679. The lowest BCUT2D eigenvalue weighted by Gasteiger charge is -2.23. The molecule has 1 atom stereocenters. The van der Waals surface area contributed by atoms with Crippen molar-refractivity contribution in [3.63, 3.8) is 0 Å². The fourth-order valence-electron chi connectivity index (χ4n) is 2.59. The van der Waals surface area contributed by atoms with E-state index in [1.54, 1.807) is 12.1 Å². The van der Waals surface area contributed by atoms with Crippen LogP contribution >= 0.6 is 0 Å². The molecule has 0 spiro atoms. The monoisotopic (exact) mass is 303 g/mol. The van der Waals surface area contributed by atoms with E-state index in [-0.39, 0.29) is 17.3 Å². The van der Waals surface area contributed by atoms with Crippen molar-refractivity contribution < 1.29 is 14.5 Å². The number of nitriles is 1. The molecular weight excluding hydrogens is 286 g/mol. The normalized spacial score (nSPS) is 16.3. The molecule has 7 nitrogen and oxygen atoms in total. The number of hydrogen-bond acceptors (Lipinski definition) is 5. The summed E-state index contributed by atoms with van der Waals surface area (Å²) in [5, 5.41) is 22.9. The molecule has 0 aromatic heterocycles. The Morgan fingerprint density at radius 1 is 1.36 bits per heavy atom. The molecule has 1 aromatic rings. The predicted octanol–water partition coefficient (Wildman–Crippen LogP) is 3.22. The molecule has 0 saturated heterocycles. The Morgan fingerprint density at radius 2 is 2.05 bits per heavy atom. The molecule has 1 amide bonds. The van der Waals surface area contributed by atoms with E-state index in [0.29, 0.717) is 0 Å². The van der Waals surface area contributed by atoms with Gasteiger partial charge in [0.25, 0.3) is 5.69 Å². The second-order valence-corrected chi connectivity index (χ2v) is 5.21. The number of carbonyl (C=O) groups is 1. The van der Waals surface area contributed by atoms with Gasteiger partial charge in [-0.25, -0.2) is 4.79 Å². The molecule has 1 aromatic carbocycles. The molecule has 1 unspecified atom stereocenters. The molecule has 1 N–H and O–H groups in total. The molecule has 0 bridgehead atoms. The van der Waals surface area contributed by atoms with Crippen LogP contribution in [0.3, 0.4) is 0 Å². The van der Waals surface area contributed by atoms with Crippen LogP contribution in [0.4, 0.5) is 10.5 Å². The van der Waals surface area contributed by atoms with E-state index in [9.17, 15) is 14.9 Å². The van der Waals surface area contributed by atoms with Crippen LogP contribution in [0, 0.1) is 21.4 Å². The largest absolute Gasteiger partial charge is 0.426 e. The molecule has 22 heavy (non-hydrogen) atoms. The number of carbonyl (C=O) groups excluding carboxylic acids is 1. The maximum atomic E-state index is 11.9. The van der Waals surface area contributed by atoms with Crippen LogP contribution in [0.2, 0.25) is 0 Å². The molecule has 0 radical (unpaired) electrons. The summed E-state index contributed by atoms with van der Waals surface area (Å²) in [5.74, 6) is 0. The predicted molar refractivity (Wildman–Crippen MR) is 77.9 cm³/mol. The van der Waals surface area contributed by atoms with Gasteiger partial charge in [0.15, 0.2) is 0 Å². The lowest BCUT2D eigenvalue weighted by molar-refractivity contribution is -0.386. The van der Waals surface area contributed by atoms with Crippen molar-refractivity contribution in [2.24, 2.45) is 0 Å². The van der Waals surface area contributed by atoms with Crippen LogP contribution in [0.1, 0.15) is 43.8 Å². The molecule has 1 saturated carbocycles. The number of para-hydroxylation sites is 1. The maximum Gasteiger partial charge on any atom is 0.409 e. The number of nitro groups is 1. The van der Waals surface area contributed by atoms with Gasteiger partial charge in [-0.2, -0.15) is 5.26 Å². The van der Waals surface area contributed by atoms with Gasteiger partial charge in [0.1, 0.15) is 6.07 Å². The summed E-state index contributed by atoms with van der Waals surface area (Å²) in [6.45, 7) is 0. The summed E-state index contributed by atoms with van der Waals surface area (Å²) in [6, 6.07) is 7.60. The van der Waals surface area contributed by atoms with Crippen LogP contribution in [0.5, 0.6) is 0 Å². The van der Waals surface area contributed by atoms with E-state index in [1.165, 1.54) is 18.2 Å². The SMILES string of the molecule is N#CC(OC(=O)NC1CCCCC1)c1ccccc1[N+](=O)[O-]. The number of nitro benzene ring substituents is 1. The molecule has 0 heterocycles. The number of amides is 1. The highest BCUT2D eigenvalue weighted by Gasteiger charge is 2.26. The van der Waals surface area contributed by atoms with Crippen molar-refractivity contribution in [1.82, 2.24) is 5.32 Å². The fourth-order valence-corrected chi connectivity index (χ4v) is 2.59. The third-order valence-corrected chi connectivity index (χ3v) is 3.69. The van der Waals surface area contributed by atoms with E-state index >= 15 is 0 Å². The topological polar surface area (TPSA) is 105 Å². The summed E-state index contributed by atoms with van der Waals surface area (Å²) >= 11 is 0. The first-order chi connectivity index (χ1) is 10.6. The van der Waals surface area contributed by atoms with E-state index in [2.05, 4.69) is 5.32 Å². The van der Waals surface area contributed by atoms with Gasteiger partial charge < -0.3 is 10.1 Å². The summed E-state index contributed by atoms with van der Waals surface area (Å²) in [6.07, 6.45) is 3.02. The highest BCUT2D eigenvalue weighted by atomic mass is 16.6. The van der Waals surface area contributed by atoms with Crippen molar-refractivity contribution in [3.8, 4) is 6.07 Å². The van der Waals surface area contributed by atoms with Gasteiger partial charge in [0.2, 0.25) is 6.10 Å². The van der Waals surface area contributed by atoms with Gasteiger partial charge in [-0.1, -0.05) is 31.4 Å². The van der Waals surface area contributed by atoms with Crippen LogP contribution in [-0.2, 0) is 4.74 Å². The molecular formula is C15H17N3O4. The first-order valence-corrected chi connectivity index (χ1v) is 7.22. The Hall–Kier alpha value is -2.62. The minimum atomic E-state index is -1.30. The number of rotatable bonds is 4. The smallest absolute Gasteiger partial charge is 0.409 e. The van der Waals surface area contributed by atoms with Gasteiger partial charge in [-0.05, 0) is 18.9 Å². The van der Waals surface area contributed by atoms with Gasteiger partial charge >= 0.3 is 6.09 Å². The average molecular weight is 303 g/mol. The zero-order chi connectivity index (χ0) is 15.9. The lowest BCUT2D eigenvalue weighted by Crippen LogP contribution is -2.37. The Balaban J connectivity index is 2.04. The number of hydrogen-bond donors (Lipinski definition) is 1. The number of alkyl carbamates (subject to hydrolysis) is 1. The first-order valence-electron chi connectivity index (χ1n) is 7.22. The molecule has 7 heteroatoms. The Kier molecular flexibility index (Phi) is 5.31. The summed E-state index contributed by atoms with van der Waals surface area (Å²) in [4.78, 5) is 22.3. The number of benzene rings is 1. The molecule has 1 aliphatic carbocycles. The third-order valence-electron chi connectivity index (χ3n) is 3.69. The Labute approximate surface area is 128 Å². The fraction of sp³-hybridized carbons (Fsp3) is 0.467. The van der Waals surface area contributed by atoms with Gasteiger partial charge in [0.05, 0.1) is 10.5 Å². The third kappa shape index (κ3) is 3.95. The molecule has 116 valence electrons. The van der Waals surface area contributed by atoms with Crippen molar-refractivity contribution in [1.29, 1.82) is 5.26 Å². The van der Waals surface area contributed by atoms with Crippen molar-refractivity contribution >= 4 is 11.8 Å². The van der Waals surface area contributed by atoms with E-state index in [4.69, 9.17) is 10.00 Å². The van der Waals surface area contributed by atoms with Crippen LogP contribution in [0.15, 0.2) is 24.3 Å². The van der Waals surface area contributed by atoms with Crippen LogP contribution < -0.4 is 5.32 Å². The van der Waals surface area contributed by atoms with Crippen molar-refractivity contribution in [3.05, 3.63) is 39.9 Å². The highest BCUT2D eigenvalue weighted by Crippen LogP contribution is 2.27.